The van der Waals surface area contributed by atoms with Crippen LogP contribution < -0.4 is 10.6 Å². The van der Waals surface area contributed by atoms with Crippen molar-refractivity contribution in [3.05, 3.63) is 23.9 Å². The minimum Gasteiger partial charge on any atom is -0.370 e. The maximum absolute atomic E-state index is 12.2. The van der Waals surface area contributed by atoms with Gasteiger partial charge in [-0.3, -0.25) is 4.79 Å². The summed E-state index contributed by atoms with van der Waals surface area (Å²) < 4.78 is 0. The number of amides is 1. The summed E-state index contributed by atoms with van der Waals surface area (Å²) in [5, 5.41) is 6.73. The summed E-state index contributed by atoms with van der Waals surface area (Å²) in [5.41, 5.74) is 1.04. The number of pyridine rings is 1. The van der Waals surface area contributed by atoms with Gasteiger partial charge in [0.1, 0.15) is 5.82 Å². The van der Waals surface area contributed by atoms with E-state index in [4.69, 9.17) is 0 Å². The highest BCUT2D eigenvalue weighted by Gasteiger charge is 2.24. The Hall–Kier alpha value is -1.66. The number of hydrogen-bond donors (Lipinski definition) is 2. The highest BCUT2D eigenvalue weighted by Crippen LogP contribution is 2.17. The van der Waals surface area contributed by atoms with Crippen molar-refractivity contribution in [2.45, 2.75) is 19.8 Å². The third-order valence-corrected chi connectivity index (χ3v) is 4.94. The average Bonchev–Trinajstić information content (AvgIpc) is 3.07. The van der Waals surface area contributed by atoms with Gasteiger partial charge in [-0.2, -0.15) is 0 Å². The fourth-order valence-electron chi connectivity index (χ4n) is 3.50. The number of carbonyl (C=O) groups is 1. The molecule has 6 heteroatoms. The minimum atomic E-state index is 0.307. The number of hydrogen-bond acceptors (Lipinski definition) is 5. The van der Waals surface area contributed by atoms with Gasteiger partial charge in [0, 0.05) is 57.9 Å². The molecular formula is C18H29N5O. The van der Waals surface area contributed by atoms with E-state index in [2.05, 4.69) is 20.5 Å². The second-order valence-electron chi connectivity index (χ2n) is 6.88. The van der Waals surface area contributed by atoms with Crippen molar-refractivity contribution in [1.29, 1.82) is 0 Å². The first-order valence-corrected chi connectivity index (χ1v) is 9.09. The third kappa shape index (κ3) is 4.92. The summed E-state index contributed by atoms with van der Waals surface area (Å²) >= 11 is 0. The molecule has 132 valence electrons. The molecular weight excluding hydrogens is 302 g/mol. The Morgan fingerprint density at radius 1 is 1.33 bits per heavy atom. The topological polar surface area (TPSA) is 60.5 Å². The molecule has 1 aromatic rings. The lowest BCUT2D eigenvalue weighted by molar-refractivity contribution is -0.132. The first-order chi connectivity index (χ1) is 11.7. The molecule has 6 nitrogen and oxygen atoms in total. The van der Waals surface area contributed by atoms with Crippen LogP contribution in [-0.2, 0) is 4.79 Å². The predicted molar refractivity (Wildman–Crippen MR) is 96.1 cm³/mol. The minimum absolute atomic E-state index is 0.307. The Morgan fingerprint density at radius 2 is 2.17 bits per heavy atom. The fraction of sp³-hybridized carbons (Fsp3) is 0.667. The summed E-state index contributed by atoms with van der Waals surface area (Å²) in [6.45, 7) is 9.60. The fourth-order valence-corrected chi connectivity index (χ4v) is 3.50. The molecule has 24 heavy (non-hydrogen) atoms. The van der Waals surface area contributed by atoms with E-state index in [9.17, 15) is 4.79 Å². The number of nitrogens with one attached hydrogen (secondary N) is 2. The Labute approximate surface area is 144 Å². The highest BCUT2D eigenvalue weighted by molar-refractivity contribution is 5.76. The molecule has 3 rings (SSSR count). The van der Waals surface area contributed by atoms with E-state index in [0.717, 1.165) is 63.9 Å². The van der Waals surface area contributed by atoms with Crippen molar-refractivity contribution < 1.29 is 4.79 Å². The molecule has 1 aromatic heterocycles. The Kier molecular flexibility index (Phi) is 6.04. The lowest BCUT2D eigenvalue weighted by Gasteiger charge is -2.28. The molecule has 3 heterocycles. The van der Waals surface area contributed by atoms with Crippen LogP contribution in [0.25, 0.3) is 0 Å². The molecule has 0 spiro atoms. The molecule has 2 aliphatic heterocycles. The number of anilines is 1. The van der Waals surface area contributed by atoms with E-state index in [-0.39, 0.29) is 0 Å². The summed E-state index contributed by atoms with van der Waals surface area (Å²) in [6.07, 6.45) is 1.85. The Bertz CT molecular complexity index is 544. The zero-order valence-corrected chi connectivity index (χ0v) is 14.6. The van der Waals surface area contributed by atoms with Gasteiger partial charge in [-0.1, -0.05) is 6.07 Å². The van der Waals surface area contributed by atoms with Crippen molar-refractivity contribution in [2.24, 2.45) is 5.92 Å². The molecule has 0 radical (unpaired) electrons. The second kappa shape index (κ2) is 8.44. The molecule has 2 N–H and O–H groups in total. The lowest BCUT2D eigenvalue weighted by atomic mass is 10.1. The van der Waals surface area contributed by atoms with Crippen molar-refractivity contribution >= 4 is 11.7 Å². The van der Waals surface area contributed by atoms with E-state index >= 15 is 0 Å². The maximum Gasteiger partial charge on any atom is 0.223 e. The van der Waals surface area contributed by atoms with E-state index in [1.165, 1.54) is 6.42 Å². The zero-order valence-electron chi connectivity index (χ0n) is 14.6. The van der Waals surface area contributed by atoms with Crippen LogP contribution in [0.5, 0.6) is 0 Å². The smallest absolute Gasteiger partial charge is 0.223 e. The van der Waals surface area contributed by atoms with Crippen LogP contribution in [0, 0.1) is 12.8 Å². The summed E-state index contributed by atoms with van der Waals surface area (Å²) in [4.78, 5) is 21.1. The summed E-state index contributed by atoms with van der Waals surface area (Å²) in [7, 11) is 0. The molecule has 1 amide bonds. The van der Waals surface area contributed by atoms with Crippen molar-refractivity contribution in [1.82, 2.24) is 20.1 Å². The molecule has 0 saturated carbocycles. The number of aromatic nitrogens is 1. The molecule has 2 saturated heterocycles. The quantitative estimate of drug-likeness (QED) is 0.813. The molecule has 1 atom stereocenters. The van der Waals surface area contributed by atoms with Gasteiger partial charge in [0.2, 0.25) is 5.91 Å². The number of nitrogens with zero attached hydrogens (tertiary/aromatic N) is 3. The van der Waals surface area contributed by atoms with Crippen LogP contribution in [-0.4, -0.2) is 73.0 Å². The van der Waals surface area contributed by atoms with E-state index in [1.54, 1.807) is 0 Å². The third-order valence-electron chi connectivity index (χ3n) is 4.94. The first-order valence-electron chi connectivity index (χ1n) is 9.09. The standard InChI is InChI=1S/C18H29N5O/c1-15-3-2-4-17(21-15)20-13-16-5-9-22(14-16)10-6-18(24)23-11-7-19-8-12-23/h2-4,16,19H,5-14H2,1H3,(H,20,21). The van der Waals surface area contributed by atoms with Gasteiger partial charge < -0.3 is 20.4 Å². The SMILES string of the molecule is Cc1cccc(NCC2CCN(CCC(=O)N3CCNCC3)C2)n1. The largest absolute Gasteiger partial charge is 0.370 e. The summed E-state index contributed by atoms with van der Waals surface area (Å²) in [6, 6.07) is 6.07. The monoisotopic (exact) mass is 331 g/mol. The van der Waals surface area contributed by atoms with Gasteiger partial charge in [-0.25, -0.2) is 4.98 Å². The van der Waals surface area contributed by atoms with Gasteiger partial charge in [0.25, 0.3) is 0 Å². The number of rotatable bonds is 6. The zero-order chi connectivity index (χ0) is 16.8. The van der Waals surface area contributed by atoms with Crippen molar-refractivity contribution in [3.63, 3.8) is 0 Å². The molecule has 0 aliphatic carbocycles. The predicted octanol–water partition coefficient (Wildman–Crippen LogP) is 0.946. The molecule has 1 unspecified atom stereocenters. The van der Waals surface area contributed by atoms with Gasteiger partial charge in [-0.05, 0) is 37.9 Å². The molecule has 0 bridgehead atoms. The van der Waals surface area contributed by atoms with Gasteiger partial charge in [-0.15, -0.1) is 0 Å². The van der Waals surface area contributed by atoms with E-state index in [1.807, 2.05) is 30.0 Å². The van der Waals surface area contributed by atoms with Crippen LogP contribution in [0.4, 0.5) is 5.82 Å². The normalized spacial score (nSPS) is 21.9. The van der Waals surface area contributed by atoms with E-state index in [0.29, 0.717) is 18.2 Å². The number of carbonyl (C=O) groups excluding carboxylic acids is 1. The molecule has 0 aromatic carbocycles. The number of piperazine rings is 1. The molecule has 2 fully saturated rings. The van der Waals surface area contributed by atoms with Crippen molar-refractivity contribution in [2.75, 3.05) is 57.7 Å². The van der Waals surface area contributed by atoms with Gasteiger partial charge in [0.05, 0.1) is 0 Å². The number of aryl methyl sites for hydroxylation is 1. The number of likely N-dealkylation sites (tertiary alicyclic amines) is 1. The maximum atomic E-state index is 12.2. The van der Waals surface area contributed by atoms with Crippen LogP contribution in [0.1, 0.15) is 18.5 Å². The average molecular weight is 331 g/mol. The highest BCUT2D eigenvalue weighted by atomic mass is 16.2. The van der Waals surface area contributed by atoms with Crippen LogP contribution in [0.3, 0.4) is 0 Å². The first kappa shape index (κ1) is 17.2. The Morgan fingerprint density at radius 3 is 2.96 bits per heavy atom. The van der Waals surface area contributed by atoms with Crippen LogP contribution in [0.15, 0.2) is 18.2 Å². The summed E-state index contributed by atoms with van der Waals surface area (Å²) in [5.74, 6) is 1.91. The van der Waals surface area contributed by atoms with Crippen molar-refractivity contribution in [3.8, 4) is 0 Å². The van der Waals surface area contributed by atoms with Gasteiger partial charge >= 0.3 is 0 Å². The molecule has 2 aliphatic rings. The second-order valence-corrected chi connectivity index (χ2v) is 6.88. The van der Waals surface area contributed by atoms with E-state index < -0.39 is 0 Å². The van der Waals surface area contributed by atoms with Crippen LogP contribution >= 0.6 is 0 Å². The van der Waals surface area contributed by atoms with Gasteiger partial charge in [0.15, 0.2) is 0 Å². The van der Waals surface area contributed by atoms with Crippen LogP contribution in [0.2, 0.25) is 0 Å². The Balaban J connectivity index is 1.35. The lowest BCUT2D eigenvalue weighted by Crippen LogP contribution is -2.47.